The molecule has 6 heteroatoms. The predicted octanol–water partition coefficient (Wildman–Crippen LogP) is 3.39. The van der Waals surface area contributed by atoms with E-state index in [1.54, 1.807) is 11.8 Å². The lowest BCUT2D eigenvalue weighted by Gasteiger charge is -2.30. The fourth-order valence-electron chi connectivity index (χ4n) is 2.97. The normalized spacial score (nSPS) is 22.8. The van der Waals surface area contributed by atoms with Gasteiger partial charge in [-0.2, -0.15) is 0 Å². The molecule has 0 spiro atoms. The van der Waals surface area contributed by atoms with E-state index in [9.17, 15) is 4.79 Å². The highest BCUT2D eigenvalue weighted by molar-refractivity contribution is 8.13. The smallest absolute Gasteiger partial charge is 0.319 e. The zero-order chi connectivity index (χ0) is 17.7. The Morgan fingerprint density at radius 1 is 1.40 bits per heavy atom. The Morgan fingerprint density at radius 3 is 3.04 bits per heavy atom. The van der Waals surface area contributed by atoms with Crippen LogP contribution in [0.2, 0.25) is 0 Å². The van der Waals surface area contributed by atoms with Crippen molar-refractivity contribution >= 4 is 23.0 Å². The molecule has 1 atom stereocenters. The topological polar surface area (TPSA) is 79.5 Å². The molecule has 1 aromatic rings. The maximum Gasteiger partial charge on any atom is 0.319 e. The highest BCUT2D eigenvalue weighted by atomic mass is 32.2. The lowest BCUT2D eigenvalue weighted by Crippen LogP contribution is -2.34. The number of carbonyl (C=O) groups excluding carboxylic acids is 1. The molecule has 0 radical (unpaired) electrons. The van der Waals surface area contributed by atoms with Crippen LogP contribution in [0.4, 0.5) is 4.79 Å². The van der Waals surface area contributed by atoms with E-state index in [1.807, 2.05) is 24.3 Å². The van der Waals surface area contributed by atoms with E-state index in [0.29, 0.717) is 11.7 Å². The van der Waals surface area contributed by atoms with Crippen LogP contribution in [0.1, 0.15) is 37.3 Å². The number of nitrogens with two attached hydrogens (primary N) is 1. The van der Waals surface area contributed by atoms with Crippen LogP contribution in [-0.4, -0.2) is 17.0 Å². The first-order valence-corrected chi connectivity index (χ1v) is 9.53. The van der Waals surface area contributed by atoms with Crippen molar-refractivity contribution in [2.45, 2.75) is 38.3 Å². The highest BCUT2D eigenvalue weighted by Gasteiger charge is 2.29. The molecule has 1 unspecified atom stereocenters. The van der Waals surface area contributed by atoms with Gasteiger partial charge in [-0.15, -0.1) is 0 Å². The molecule has 0 aromatic heterocycles. The van der Waals surface area contributed by atoms with Crippen molar-refractivity contribution in [3.05, 3.63) is 59.3 Å². The van der Waals surface area contributed by atoms with Gasteiger partial charge in [0, 0.05) is 18.0 Å². The van der Waals surface area contributed by atoms with Gasteiger partial charge in [-0.3, -0.25) is 4.99 Å². The first kappa shape index (κ1) is 17.6. The Balaban J connectivity index is 1.62. The van der Waals surface area contributed by atoms with Crippen molar-refractivity contribution in [3.8, 4) is 0 Å². The van der Waals surface area contributed by atoms with Crippen LogP contribution < -0.4 is 16.4 Å². The summed E-state index contributed by atoms with van der Waals surface area (Å²) in [4.78, 5) is 16.7. The summed E-state index contributed by atoms with van der Waals surface area (Å²) in [7, 11) is 0. The average molecular weight is 356 g/mol. The summed E-state index contributed by atoms with van der Waals surface area (Å²) < 4.78 is 0. The summed E-state index contributed by atoms with van der Waals surface area (Å²) in [6, 6.07) is 8.01. The molecule has 1 aliphatic carbocycles. The second-order valence-electron chi connectivity index (χ2n) is 6.47. The number of aliphatic imine (C=N–C) groups is 1. The number of nitrogens with one attached hydrogen (secondary N) is 2. The molecular weight excluding hydrogens is 332 g/mol. The number of hydrogen-bond donors (Lipinski definition) is 3. The third-order valence-corrected chi connectivity index (χ3v) is 5.25. The van der Waals surface area contributed by atoms with Crippen LogP contribution in [0.5, 0.6) is 0 Å². The maximum absolute atomic E-state index is 12.0. The minimum atomic E-state index is -0.286. The molecule has 25 heavy (non-hydrogen) atoms. The Kier molecular flexibility index (Phi) is 5.48. The van der Waals surface area contributed by atoms with Crippen molar-refractivity contribution in [2.24, 2.45) is 10.7 Å². The third-order valence-electron chi connectivity index (χ3n) is 4.45. The summed E-state index contributed by atoms with van der Waals surface area (Å²) in [6.45, 7) is 2.58. The number of hydrogen-bond acceptors (Lipinski definition) is 4. The van der Waals surface area contributed by atoms with E-state index in [2.05, 4.69) is 40.8 Å². The number of benzene rings is 1. The first-order valence-electron chi connectivity index (χ1n) is 8.54. The van der Waals surface area contributed by atoms with Gasteiger partial charge in [-0.25, -0.2) is 4.79 Å². The number of amidine groups is 1. The van der Waals surface area contributed by atoms with Crippen LogP contribution >= 0.6 is 11.8 Å². The Labute approximate surface area is 152 Å². The Hall–Kier alpha value is -2.21. The average Bonchev–Trinajstić information content (AvgIpc) is 2.61. The van der Waals surface area contributed by atoms with E-state index in [4.69, 9.17) is 5.73 Å². The van der Waals surface area contributed by atoms with Crippen LogP contribution in [0.3, 0.4) is 0 Å². The van der Waals surface area contributed by atoms with Crippen LogP contribution in [0, 0.1) is 0 Å². The van der Waals surface area contributed by atoms with E-state index >= 15 is 0 Å². The summed E-state index contributed by atoms with van der Waals surface area (Å²) in [5, 5.41) is 6.42. The van der Waals surface area contributed by atoms with Crippen molar-refractivity contribution in [1.29, 1.82) is 0 Å². The van der Waals surface area contributed by atoms with E-state index in [0.717, 1.165) is 41.8 Å². The highest BCUT2D eigenvalue weighted by Crippen LogP contribution is 2.35. The molecule has 0 bridgehead atoms. The Bertz CT molecular complexity index is 741. The molecule has 1 heterocycles. The molecule has 3 rings (SSSR count). The van der Waals surface area contributed by atoms with E-state index in [-0.39, 0.29) is 11.6 Å². The fraction of sp³-hybridized carbons (Fsp3) is 0.368. The van der Waals surface area contributed by atoms with Gasteiger partial charge in [0.1, 0.15) is 0 Å². The van der Waals surface area contributed by atoms with Gasteiger partial charge < -0.3 is 16.4 Å². The van der Waals surface area contributed by atoms with Crippen molar-refractivity contribution in [2.75, 3.05) is 5.75 Å². The Morgan fingerprint density at radius 2 is 2.28 bits per heavy atom. The van der Waals surface area contributed by atoms with Crippen LogP contribution in [0.15, 0.2) is 53.2 Å². The molecule has 1 aromatic carbocycles. The quantitative estimate of drug-likeness (QED) is 0.774. The molecule has 132 valence electrons. The van der Waals surface area contributed by atoms with Gasteiger partial charge in [-0.05, 0) is 43.4 Å². The number of amides is 2. The fourth-order valence-corrected chi connectivity index (χ4v) is 3.95. The van der Waals surface area contributed by atoms with Gasteiger partial charge in [-0.1, -0.05) is 48.2 Å². The van der Waals surface area contributed by atoms with Gasteiger partial charge in [0.15, 0.2) is 5.17 Å². The molecule has 0 saturated carbocycles. The summed E-state index contributed by atoms with van der Waals surface area (Å²) in [6.07, 6.45) is 8.99. The van der Waals surface area contributed by atoms with Gasteiger partial charge in [0.05, 0.1) is 5.54 Å². The minimum Gasteiger partial charge on any atom is -0.379 e. The monoisotopic (exact) mass is 356 g/mol. The number of nitrogens with zero attached hydrogens (tertiary/aromatic N) is 1. The maximum atomic E-state index is 12.0. The molecule has 5 nitrogen and oxygen atoms in total. The number of thioether (sulfide) groups is 1. The lowest BCUT2D eigenvalue weighted by molar-refractivity contribution is 0.243. The molecule has 0 fully saturated rings. The van der Waals surface area contributed by atoms with E-state index < -0.39 is 0 Å². The minimum absolute atomic E-state index is 0.189. The molecular formula is C19H24N4OS. The van der Waals surface area contributed by atoms with Gasteiger partial charge in [0.25, 0.3) is 0 Å². The molecule has 2 aliphatic rings. The first-order chi connectivity index (χ1) is 12.0. The summed E-state index contributed by atoms with van der Waals surface area (Å²) >= 11 is 1.60. The second-order valence-corrected chi connectivity index (χ2v) is 7.58. The largest absolute Gasteiger partial charge is 0.379 e. The lowest BCUT2D eigenvalue weighted by atomic mass is 9.89. The van der Waals surface area contributed by atoms with E-state index in [1.165, 1.54) is 0 Å². The van der Waals surface area contributed by atoms with Crippen molar-refractivity contribution in [3.63, 3.8) is 0 Å². The van der Waals surface area contributed by atoms with Crippen LogP contribution in [0.25, 0.3) is 0 Å². The molecule has 0 saturated heterocycles. The number of carbonyl (C=O) groups is 1. The predicted molar refractivity (Wildman–Crippen MR) is 104 cm³/mol. The molecule has 1 aliphatic heterocycles. The summed E-state index contributed by atoms with van der Waals surface area (Å²) in [5.74, 6) is 0.972. The standard InChI is InChI=1S/C19H24N4OS/c1-19(10-11-25-17(20)23-19)15-7-5-6-14(12-15)13-21-18(24)22-16-8-3-2-4-9-16/h3,5-9,12H,2,4,10-11,13H2,1H3,(H2,20,23)(H2,21,22,24). The second kappa shape index (κ2) is 7.78. The zero-order valence-electron chi connectivity index (χ0n) is 14.4. The number of urea groups is 1. The van der Waals surface area contributed by atoms with Crippen molar-refractivity contribution in [1.82, 2.24) is 10.6 Å². The number of allylic oxidation sites excluding steroid dienone is 3. The van der Waals surface area contributed by atoms with Crippen LogP contribution in [-0.2, 0) is 12.1 Å². The molecule has 4 N–H and O–H groups in total. The SMILES string of the molecule is CC1(c2cccc(CNC(=O)NC3=CCCC=C3)c2)CCSC(N)=N1. The summed E-state index contributed by atoms with van der Waals surface area (Å²) in [5.41, 5.74) is 8.66. The van der Waals surface area contributed by atoms with Crippen molar-refractivity contribution < 1.29 is 4.79 Å². The van der Waals surface area contributed by atoms with Gasteiger partial charge in [0.2, 0.25) is 0 Å². The zero-order valence-corrected chi connectivity index (χ0v) is 15.2. The molecule has 2 amide bonds. The number of rotatable bonds is 4. The van der Waals surface area contributed by atoms with Gasteiger partial charge >= 0.3 is 6.03 Å². The third kappa shape index (κ3) is 4.66.